The average molecular weight is 256 g/mol. The third kappa shape index (κ3) is 6.37. The molecule has 0 nitrogen and oxygen atoms in total. The summed E-state index contributed by atoms with van der Waals surface area (Å²) >= 11 is -0.125. The summed E-state index contributed by atoms with van der Waals surface area (Å²) in [6, 6.07) is 10.9. The van der Waals surface area contributed by atoms with E-state index in [1.807, 2.05) is 31.2 Å². The van der Waals surface area contributed by atoms with Crippen molar-refractivity contribution in [1.82, 2.24) is 0 Å². The molecule has 0 aromatic heterocycles. The molecule has 1 aromatic rings. The molecule has 0 aliphatic carbocycles. The molecular weight excluding hydrogens is 248 g/mol. The molecule has 0 spiro atoms. The zero-order valence-electron chi connectivity index (χ0n) is 5.80. The van der Waals surface area contributed by atoms with Crippen molar-refractivity contribution < 1.29 is 22.1 Å². The second kappa shape index (κ2) is 9.25. The quantitative estimate of drug-likeness (QED) is 0.495. The van der Waals surface area contributed by atoms with Gasteiger partial charge in [-0.25, -0.2) is 0 Å². The fourth-order valence-electron chi connectivity index (χ4n) is 0.483. The van der Waals surface area contributed by atoms with Crippen LogP contribution in [0.5, 0.6) is 0 Å². The van der Waals surface area contributed by atoms with Crippen molar-refractivity contribution in [2.24, 2.45) is 0 Å². The van der Waals surface area contributed by atoms with Gasteiger partial charge in [0.2, 0.25) is 0 Å². The Morgan fingerprint density at radius 1 is 1.40 bits per heavy atom. The van der Waals surface area contributed by atoms with Crippen molar-refractivity contribution in [3.63, 3.8) is 0 Å². The average Bonchev–Trinajstić information content (AvgIpc) is 1.94. The second-order valence-electron chi connectivity index (χ2n) is 1.55. The molecule has 3 heteroatoms. The van der Waals surface area contributed by atoms with Crippen LogP contribution >= 0.6 is 17.0 Å². The van der Waals surface area contributed by atoms with E-state index in [4.69, 9.17) is 0 Å². The molecule has 0 saturated carbocycles. The Morgan fingerprint density at radius 3 is 2.20 bits per heavy atom. The predicted molar refractivity (Wildman–Crippen MR) is 41.4 cm³/mol. The molecule has 1 rings (SSSR count). The minimum atomic E-state index is -0.125. The Labute approximate surface area is 81.9 Å². The SMILES string of the molecule is Br.Cc1[c-]cccc1.[F][Zn+]. The summed E-state index contributed by atoms with van der Waals surface area (Å²) in [5.74, 6) is 0. The van der Waals surface area contributed by atoms with Crippen LogP contribution in [-0.4, -0.2) is 0 Å². The standard InChI is InChI=1S/C7H7.BrH.FH.Zn/c1-7-5-3-2-4-6-7;;;/h2-5H,1H3;2*1H;/q-1;;;+2/p-1. The summed E-state index contributed by atoms with van der Waals surface area (Å²) in [4.78, 5) is 0. The molecule has 0 fully saturated rings. The topological polar surface area (TPSA) is 0 Å². The van der Waals surface area contributed by atoms with Crippen LogP contribution in [0.1, 0.15) is 5.56 Å². The zero-order chi connectivity index (χ0) is 7.11. The Hall–Kier alpha value is 0.253. The van der Waals surface area contributed by atoms with Crippen molar-refractivity contribution in [2.75, 3.05) is 0 Å². The number of halogens is 2. The van der Waals surface area contributed by atoms with Gasteiger partial charge >= 0.3 is 22.1 Å². The summed E-state index contributed by atoms with van der Waals surface area (Å²) in [6.07, 6.45) is 0. The minimum absolute atomic E-state index is 0. The molecule has 0 bridgehead atoms. The molecule has 0 amide bonds. The summed E-state index contributed by atoms with van der Waals surface area (Å²) in [5.41, 5.74) is 1.20. The van der Waals surface area contributed by atoms with E-state index >= 15 is 0 Å². The molecule has 0 aliphatic heterocycles. The van der Waals surface area contributed by atoms with Gasteiger partial charge in [-0.15, -0.1) is 17.0 Å². The van der Waals surface area contributed by atoms with Crippen LogP contribution in [-0.2, 0) is 18.8 Å². The third-order valence-electron chi connectivity index (χ3n) is 0.865. The molecule has 0 N–H and O–H groups in total. The summed E-state index contributed by atoms with van der Waals surface area (Å²) in [7, 11) is 0. The van der Waals surface area contributed by atoms with Crippen LogP contribution in [0.25, 0.3) is 0 Å². The molecule has 10 heavy (non-hydrogen) atoms. The fraction of sp³-hybridized carbons (Fsp3) is 0.143. The van der Waals surface area contributed by atoms with Gasteiger partial charge in [0.05, 0.1) is 0 Å². The Morgan fingerprint density at radius 2 is 2.00 bits per heavy atom. The van der Waals surface area contributed by atoms with Gasteiger partial charge in [-0.05, 0) is 0 Å². The van der Waals surface area contributed by atoms with Crippen LogP contribution in [0.4, 0.5) is 3.32 Å². The first-order valence-electron chi connectivity index (χ1n) is 2.59. The number of hydrogen-bond donors (Lipinski definition) is 0. The summed E-state index contributed by atoms with van der Waals surface area (Å²) < 4.78 is 9.62. The van der Waals surface area contributed by atoms with Crippen molar-refractivity contribution in [3.8, 4) is 0 Å². The molecule has 0 atom stereocenters. The van der Waals surface area contributed by atoms with Gasteiger partial charge in [-0.1, -0.05) is 6.92 Å². The van der Waals surface area contributed by atoms with Crippen LogP contribution in [0.2, 0.25) is 0 Å². The van der Waals surface area contributed by atoms with E-state index in [9.17, 15) is 3.32 Å². The van der Waals surface area contributed by atoms with Gasteiger partial charge in [-0.2, -0.15) is 35.9 Å². The zero-order valence-corrected chi connectivity index (χ0v) is 10.5. The molecule has 0 radical (unpaired) electrons. The first-order valence-corrected chi connectivity index (χ1v) is 3.72. The monoisotopic (exact) mass is 254 g/mol. The molecular formula is C7H8BrFZn. The van der Waals surface area contributed by atoms with Crippen LogP contribution < -0.4 is 0 Å². The van der Waals surface area contributed by atoms with Gasteiger partial charge in [-0.3, -0.25) is 0 Å². The van der Waals surface area contributed by atoms with E-state index < -0.39 is 0 Å². The van der Waals surface area contributed by atoms with Crippen molar-refractivity contribution >= 4 is 17.0 Å². The number of aryl methyl sites for hydroxylation is 1. The van der Waals surface area contributed by atoms with E-state index in [-0.39, 0.29) is 35.8 Å². The fourth-order valence-corrected chi connectivity index (χ4v) is 0.483. The first-order chi connectivity index (χ1) is 4.39. The van der Waals surface area contributed by atoms with Gasteiger partial charge in [0.25, 0.3) is 0 Å². The molecule has 52 valence electrons. The molecule has 0 unspecified atom stereocenters. The van der Waals surface area contributed by atoms with Gasteiger partial charge in [0.1, 0.15) is 0 Å². The van der Waals surface area contributed by atoms with E-state index in [0.717, 1.165) is 0 Å². The molecule has 0 saturated heterocycles. The van der Waals surface area contributed by atoms with E-state index in [1.165, 1.54) is 5.56 Å². The number of rotatable bonds is 0. The maximum absolute atomic E-state index is 9.62. The van der Waals surface area contributed by atoms with Crippen molar-refractivity contribution in [1.29, 1.82) is 0 Å². The molecule has 1 aromatic carbocycles. The van der Waals surface area contributed by atoms with Gasteiger partial charge in [0.15, 0.2) is 0 Å². The summed E-state index contributed by atoms with van der Waals surface area (Å²) in [6.45, 7) is 2.03. The Bertz CT molecular complexity index is 144. The summed E-state index contributed by atoms with van der Waals surface area (Å²) in [5, 5.41) is 0. The van der Waals surface area contributed by atoms with Crippen molar-refractivity contribution in [3.05, 3.63) is 35.9 Å². The Kier molecular flexibility index (Phi) is 11.9. The molecule has 0 aliphatic rings. The normalized spacial score (nSPS) is 6.80. The maximum atomic E-state index is 9.62. The number of benzene rings is 1. The first kappa shape index (κ1) is 12.9. The van der Waals surface area contributed by atoms with Crippen LogP contribution in [0.15, 0.2) is 24.3 Å². The van der Waals surface area contributed by atoms with Crippen LogP contribution in [0.3, 0.4) is 0 Å². The third-order valence-corrected chi connectivity index (χ3v) is 0.865. The van der Waals surface area contributed by atoms with Gasteiger partial charge in [0, 0.05) is 0 Å². The number of hydrogen-bond acceptors (Lipinski definition) is 0. The van der Waals surface area contributed by atoms with E-state index in [1.54, 1.807) is 0 Å². The van der Waals surface area contributed by atoms with E-state index in [0.29, 0.717) is 0 Å². The predicted octanol–water partition coefficient (Wildman–Crippen LogP) is 2.79. The van der Waals surface area contributed by atoms with Crippen molar-refractivity contribution in [2.45, 2.75) is 6.92 Å². The molecule has 0 heterocycles. The van der Waals surface area contributed by atoms with E-state index in [2.05, 4.69) is 6.07 Å². The Balaban J connectivity index is 0. The van der Waals surface area contributed by atoms with Crippen LogP contribution in [0, 0.1) is 13.0 Å². The van der Waals surface area contributed by atoms with Gasteiger partial charge < -0.3 is 0 Å². The second-order valence-corrected chi connectivity index (χ2v) is 1.55.